The van der Waals surface area contributed by atoms with Crippen molar-refractivity contribution in [2.45, 2.75) is 11.3 Å². The second kappa shape index (κ2) is 5.16. The largest absolute Gasteiger partial charge is 0.494 e. The van der Waals surface area contributed by atoms with Crippen molar-refractivity contribution in [1.82, 2.24) is 0 Å². The second-order valence-corrected chi connectivity index (χ2v) is 6.26. The van der Waals surface area contributed by atoms with Crippen molar-refractivity contribution in [3.8, 4) is 5.75 Å². The highest BCUT2D eigenvalue weighted by atomic mass is 79.9. The van der Waals surface area contributed by atoms with E-state index in [4.69, 9.17) is 10.5 Å². The van der Waals surface area contributed by atoms with Crippen LogP contribution in [0.25, 0.3) is 0 Å². The summed E-state index contributed by atoms with van der Waals surface area (Å²) < 4.78 is 28.9. The molecule has 0 saturated heterocycles. The summed E-state index contributed by atoms with van der Waals surface area (Å²) >= 11 is 3.29. The fraction of sp³-hybridized carbons (Fsp3) is 0.400. The Morgan fingerprint density at radius 3 is 2.50 bits per heavy atom. The van der Waals surface area contributed by atoms with Crippen molar-refractivity contribution < 1.29 is 13.2 Å². The normalized spacial score (nSPS) is 11.5. The number of methoxy groups -OCH3 is 1. The van der Waals surface area contributed by atoms with E-state index in [2.05, 4.69) is 15.9 Å². The van der Waals surface area contributed by atoms with Crippen LogP contribution in [0.4, 0.5) is 0 Å². The highest BCUT2D eigenvalue weighted by Crippen LogP contribution is 2.33. The lowest BCUT2D eigenvalue weighted by atomic mass is 10.1. The minimum Gasteiger partial charge on any atom is -0.494 e. The lowest BCUT2D eigenvalue weighted by Crippen LogP contribution is -2.06. The van der Waals surface area contributed by atoms with Gasteiger partial charge in [-0.15, -0.1) is 0 Å². The molecule has 0 bridgehead atoms. The molecule has 4 nitrogen and oxygen atoms in total. The van der Waals surface area contributed by atoms with Gasteiger partial charge >= 0.3 is 0 Å². The van der Waals surface area contributed by atoms with Crippen molar-refractivity contribution in [2.24, 2.45) is 5.73 Å². The molecule has 0 spiro atoms. The van der Waals surface area contributed by atoms with E-state index in [1.165, 1.54) is 7.11 Å². The molecule has 6 heteroatoms. The predicted molar refractivity (Wildman–Crippen MR) is 66.6 cm³/mol. The number of sulfone groups is 1. The quantitative estimate of drug-likeness (QED) is 0.912. The molecule has 16 heavy (non-hydrogen) atoms. The molecule has 0 aliphatic heterocycles. The van der Waals surface area contributed by atoms with Gasteiger partial charge < -0.3 is 10.5 Å². The summed E-state index contributed by atoms with van der Waals surface area (Å²) in [5.41, 5.74) is 6.32. The van der Waals surface area contributed by atoms with Crippen LogP contribution in [0.1, 0.15) is 5.56 Å². The summed E-state index contributed by atoms with van der Waals surface area (Å²) in [6, 6.07) is 3.42. The van der Waals surface area contributed by atoms with Crippen LogP contribution in [0, 0.1) is 0 Å². The van der Waals surface area contributed by atoms with Gasteiger partial charge in [-0.05, 0) is 46.6 Å². The van der Waals surface area contributed by atoms with Crippen molar-refractivity contribution in [3.05, 3.63) is 22.2 Å². The maximum atomic E-state index is 11.6. The van der Waals surface area contributed by atoms with Crippen LogP contribution in [0.15, 0.2) is 21.5 Å². The predicted octanol–water partition coefficient (Wildman–Crippen LogP) is 1.36. The molecule has 0 saturated carbocycles. The Hall–Kier alpha value is -0.590. The smallest absolute Gasteiger partial charge is 0.179 e. The maximum absolute atomic E-state index is 11.6. The molecule has 0 radical (unpaired) electrons. The van der Waals surface area contributed by atoms with E-state index >= 15 is 0 Å². The zero-order chi connectivity index (χ0) is 12.3. The number of halogens is 1. The molecule has 0 unspecified atom stereocenters. The van der Waals surface area contributed by atoms with Crippen LogP contribution >= 0.6 is 15.9 Å². The Labute approximate surface area is 104 Å². The number of hydrogen-bond acceptors (Lipinski definition) is 4. The van der Waals surface area contributed by atoms with Gasteiger partial charge in [0.25, 0.3) is 0 Å². The summed E-state index contributed by atoms with van der Waals surface area (Å²) in [6.45, 7) is 0.474. The highest BCUT2D eigenvalue weighted by molar-refractivity contribution is 9.10. The summed E-state index contributed by atoms with van der Waals surface area (Å²) in [5, 5.41) is 0. The molecule has 2 N–H and O–H groups in total. The van der Waals surface area contributed by atoms with Gasteiger partial charge in [-0.1, -0.05) is 0 Å². The van der Waals surface area contributed by atoms with Crippen LogP contribution in [-0.4, -0.2) is 28.3 Å². The molecule has 0 aliphatic rings. The molecule has 90 valence electrons. The second-order valence-electron chi connectivity index (χ2n) is 3.42. The molecule has 0 amide bonds. The average Bonchev–Trinajstić information content (AvgIpc) is 2.16. The van der Waals surface area contributed by atoms with E-state index < -0.39 is 9.84 Å². The molecule has 0 atom stereocenters. The van der Waals surface area contributed by atoms with Gasteiger partial charge in [0, 0.05) is 6.26 Å². The average molecular weight is 308 g/mol. The molecule has 0 heterocycles. The Kier molecular flexibility index (Phi) is 4.35. The molecule has 1 aromatic carbocycles. The van der Waals surface area contributed by atoms with Crippen LogP contribution in [0.2, 0.25) is 0 Å². The molecule has 0 aliphatic carbocycles. The van der Waals surface area contributed by atoms with E-state index in [1.807, 2.05) is 6.07 Å². The first-order chi connectivity index (χ1) is 7.40. The van der Waals surface area contributed by atoms with Gasteiger partial charge in [0.2, 0.25) is 0 Å². The van der Waals surface area contributed by atoms with Crippen LogP contribution < -0.4 is 10.5 Å². The summed E-state index contributed by atoms with van der Waals surface area (Å²) in [5.74, 6) is 0.336. The summed E-state index contributed by atoms with van der Waals surface area (Å²) in [7, 11) is -1.86. The van der Waals surface area contributed by atoms with Crippen molar-refractivity contribution >= 4 is 25.8 Å². The number of ether oxygens (including phenoxy) is 1. The van der Waals surface area contributed by atoms with Gasteiger partial charge in [0.1, 0.15) is 4.90 Å². The third kappa shape index (κ3) is 2.96. The minimum atomic E-state index is -3.30. The van der Waals surface area contributed by atoms with Gasteiger partial charge in [-0.25, -0.2) is 8.42 Å². The standard InChI is InChI=1S/C10H14BrNO3S/c1-15-10-8(11)5-7(3-4-12)6-9(10)16(2,13)14/h5-6H,3-4,12H2,1-2H3. The Balaban J connectivity index is 3.43. The van der Waals surface area contributed by atoms with Gasteiger partial charge in [0.05, 0.1) is 11.6 Å². The lowest BCUT2D eigenvalue weighted by molar-refractivity contribution is 0.400. The fourth-order valence-electron chi connectivity index (χ4n) is 1.41. The molecule has 1 aromatic rings. The van der Waals surface area contributed by atoms with Gasteiger partial charge in [-0.2, -0.15) is 0 Å². The third-order valence-electron chi connectivity index (χ3n) is 2.11. The first kappa shape index (κ1) is 13.5. The fourth-order valence-corrected chi connectivity index (χ4v) is 3.10. The van der Waals surface area contributed by atoms with E-state index in [9.17, 15) is 8.42 Å². The topological polar surface area (TPSA) is 69.4 Å². The lowest BCUT2D eigenvalue weighted by Gasteiger charge is -2.11. The minimum absolute atomic E-state index is 0.188. The first-order valence-corrected chi connectivity index (χ1v) is 7.35. The SMILES string of the molecule is COc1c(Br)cc(CCN)cc1S(C)(=O)=O. The van der Waals surface area contributed by atoms with Gasteiger partial charge in [-0.3, -0.25) is 0 Å². The van der Waals surface area contributed by atoms with E-state index in [0.29, 0.717) is 23.2 Å². The highest BCUT2D eigenvalue weighted by Gasteiger charge is 2.18. The Bertz CT molecular complexity index is 485. The maximum Gasteiger partial charge on any atom is 0.179 e. The van der Waals surface area contributed by atoms with Crippen LogP contribution in [-0.2, 0) is 16.3 Å². The summed E-state index contributed by atoms with van der Waals surface area (Å²) in [6.07, 6.45) is 1.79. The molecular weight excluding hydrogens is 294 g/mol. The van der Waals surface area contributed by atoms with Crippen LogP contribution in [0.3, 0.4) is 0 Å². The van der Waals surface area contributed by atoms with Crippen molar-refractivity contribution in [1.29, 1.82) is 0 Å². The zero-order valence-corrected chi connectivity index (χ0v) is 11.6. The van der Waals surface area contributed by atoms with E-state index in [-0.39, 0.29) is 4.90 Å². The monoisotopic (exact) mass is 307 g/mol. The Morgan fingerprint density at radius 2 is 2.06 bits per heavy atom. The Morgan fingerprint density at radius 1 is 1.44 bits per heavy atom. The molecule has 0 aromatic heterocycles. The number of benzene rings is 1. The van der Waals surface area contributed by atoms with E-state index in [0.717, 1.165) is 11.8 Å². The van der Waals surface area contributed by atoms with Crippen molar-refractivity contribution in [2.75, 3.05) is 19.9 Å². The van der Waals surface area contributed by atoms with Crippen LogP contribution in [0.5, 0.6) is 5.75 Å². The first-order valence-electron chi connectivity index (χ1n) is 4.66. The van der Waals surface area contributed by atoms with Crippen molar-refractivity contribution in [3.63, 3.8) is 0 Å². The number of rotatable bonds is 4. The van der Waals surface area contributed by atoms with Gasteiger partial charge in [0.15, 0.2) is 15.6 Å². The van der Waals surface area contributed by atoms with E-state index in [1.54, 1.807) is 6.07 Å². The molecule has 0 fully saturated rings. The third-order valence-corrected chi connectivity index (χ3v) is 3.80. The molecule has 1 rings (SSSR count). The summed E-state index contributed by atoms with van der Waals surface area (Å²) in [4.78, 5) is 0.188. The zero-order valence-electron chi connectivity index (χ0n) is 9.16. The number of hydrogen-bond donors (Lipinski definition) is 1. The molecular formula is C10H14BrNO3S. The number of nitrogens with two attached hydrogens (primary N) is 1.